The average Bonchev–Trinajstić information content (AvgIpc) is 2.29. The van der Waals surface area contributed by atoms with Crippen LogP contribution >= 0.6 is 15.9 Å². The Balaban J connectivity index is 2.41. The third kappa shape index (κ3) is 4.88. The van der Waals surface area contributed by atoms with Crippen LogP contribution < -0.4 is 5.32 Å². The number of alkyl halides is 2. The van der Waals surface area contributed by atoms with Gasteiger partial charge in [-0.05, 0) is 15.9 Å². The summed E-state index contributed by atoms with van der Waals surface area (Å²) in [5.41, 5.74) is -0.138. The van der Waals surface area contributed by atoms with Crippen molar-refractivity contribution >= 4 is 27.4 Å². The number of aromatic nitrogens is 1. The summed E-state index contributed by atoms with van der Waals surface area (Å²) < 4.78 is 28.6. The van der Waals surface area contributed by atoms with Gasteiger partial charge in [-0.2, -0.15) is 0 Å². The van der Waals surface area contributed by atoms with Crippen LogP contribution in [0.25, 0.3) is 0 Å². The van der Waals surface area contributed by atoms with Gasteiger partial charge in [-0.3, -0.25) is 10.1 Å². The maximum Gasteiger partial charge on any atom is 0.288 e. The van der Waals surface area contributed by atoms with E-state index in [9.17, 15) is 18.9 Å². The van der Waals surface area contributed by atoms with Crippen molar-refractivity contribution in [2.75, 3.05) is 25.1 Å². The molecule has 0 saturated carbocycles. The zero-order chi connectivity index (χ0) is 13.5. The molecule has 0 amide bonds. The number of ether oxygens (including phenoxy) is 1. The lowest BCUT2D eigenvalue weighted by molar-refractivity contribution is -0.385. The summed E-state index contributed by atoms with van der Waals surface area (Å²) >= 11 is 3.12. The minimum atomic E-state index is -2.49. The fourth-order valence-electron chi connectivity index (χ4n) is 1.07. The van der Waals surface area contributed by atoms with Gasteiger partial charge < -0.3 is 10.1 Å². The fraction of sp³-hybridized carbons (Fsp3) is 0.444. The number of hydrogen-bond acceptors (Lipinski definition) is 5. The Morgan fingerprint density at radius 2 is 2.33 bits per heavy atom. The Hall–Kier alpha value is -1.35. The summed E-state index contributed by atoms with van der Waals surface area (Å²) in [6, 6.07) is 1.30. The molecule has 1 aromatic rings. The van der Waals surface area contributed by atoms with Crippen LogP contribution in [0.3, 0.4) is 0 Å². The Bertz CT molecular complexity index is 420. The molecule has 9 heteroatoms. The number of pyridine rings is 1. The number of hydrogen-bond donors (Lipinski definition) is 1. The predicted molar refractivity (Wildman–Crippen MR) is 63.9 cm³/mol. The highest BCUT2D eigenvalue weighted by Gasteiger charge is 2.10. The van der Waals surface area contributed by atoms with Gasteiger partial charge in [-0.25, -0.2) is 13.8 Å². The van der Waals surface area contributed by atoms with Crippen LogP contribution in [0.4, 0.5) is 20.3 Å². The van der Waals surface area contributed by atoms with Crippen LogP contribution in [-0.4, -0.2) is 36.1 Å². The number of halogens is 3. The predicted octanol–water partition coefficient (Wildman–Crippen LogP) is 2.45. The Labute approximate surface area is 110 Å². The maximum atomic E-state index is 11.7. The molecule has 0 aliphatic rings. The van der Waals surface area contributed by atoms with E-state index in [-0.39, 0.29) is 18.8 Å². The van der Waals surface area contributed by atoms with E-state index in [0.29, 0.717) is 10.3 Å². The van der Waals surface area contributed by atoms with Gasteiger partial charge in [-0.1, -0.05) is 0 Å². The van der Waals surface area contributed by atoms with E-state index >= 15 is 0 Å². The maximum absolute atomic E-state index is 11.7. The van der Waals surface area contributed by atoms with Gasteiger partial charge in [0.05, 0.1) is 16.0 Å². The molecule has 0 radical (unpaired) electrons. The fourth-order valence-corrected chi connectivity index (χ4v) is 1.55. The third-order valence-electron chi connectivity index (χ3n) is 1.82. The van der Waals surface area contributed by atoms with E-state index in [1.165, 1.54) is 6.07 Å². The van der Waals surface area contributed by atoms with Crippen LogP contribution in [0.5, 0.6) is 0 Å². The highest BCUT2D eigenvalue weighted by molar-refractivity contribution is 9.10. The van der Waals surface area contributed by atoms with Crippen molar-refractivity contribution in [1.29, 1.82) is 0 Å². The van der Waals surface area contributed by atoms with Crippen LogP contribution in [0.15, 0.2) is 16.7 Å². The molecule has 0 unspecified atom stereocenters. The molecule has 100 valence electrons. The van der Waals surface area contributed by atoms with Crippen LogP contribution in [0, 0.1) is 10.1 Å². The molecule has 18 heavy (non-hydrogen) atoms. The molecule has 0 fully saturated rings. The van der Waals surface area contributed by atoms with Crippen molar-refractivity contribution in [3.63, 3.8) is 0 Å². The minimum absolute atomic E-state index is 0.0927. The van der Waals surface area contributed by atoms with E-state index in [2.05, 4.69) is 31.0 Å². The third-order valence-corrected chi connectivity index (χ3v) is 2.42. The number of nitrogens with zero attached hydrogens (tertiary/aromatic N) is 2. The Morgan fingerprint density at radius 1 is 1.61 bits per heavy atom. The summed E-state index contributed by atoms with van der Waals surface area (Å²) in [6.45, 7) is -0.248. The smallest absolute Gasteiger partial charge is 0.288 e. The topological polar surface area (TPSA) is 77.3 Å². The van der Waals surface area contributed by atoms with Gasteiger partial charge in [0.2, 0.25) is 0 Å². The molecule has 1 heterocycles. The minimum Gasteiger partial charge on any atom is -0.374 e. The SMILES string of the molecule is O=[N+]([O-])c1cnc(NCCOCC(F)F)c(Br)c1. The second-order valence-electron chi connectivity index (χ2n) is 3.17. The molecule has 0 bridgehead atoms. The van der Waals surface area contributed by atoms with E-state index in [0.717, 1.165) is 6.20 Å². The molecule has 0 spiro atoms. The lowest BCUT2D eigenvalue weighted by atomic mass is 10.4. The number of rotatable bonds is 7. The second-order valence-corrected chi connectivity index (χ2v) is 4.03. The van der Waals surface area contributed by atoms with E-state index in [1.807, 2.05) is 0 Å². The summed E-state index contributed by atoms with van der Waals surface area (Å²) in [5.74, 6) is 0.390. The Morgan fingerprint density at radius 3 is 2.89 bits per heavy atom. The van der Waals surface area contributed by atoms with Crippen molar-refractivity contribution in [3.05, 3.63) is 26.9 Å². The number of anilines is 1. The monoisotopic (exact) mass is 325 g/mol. The lowest BCUT2D eigenvalue weighted by Gasteiger charge is -2.07. The molecule has 0 aliphatic carbocycles. The first-order chi connectivity index (χ1) is 8.50. The summed E-state index contributed by atoms with van der Waals surface area (Å²) in [6.07, 6.45) is -1.39. The van der Waals surface area contributed by atoms with Crippen molar-refractivity contribution < 1.29 is 18.4 Å². The molecule has 0 saturated heterocycles. The van der Waals surface area contributed by atoms with Crippen molar-refractivity contribution in [2.45, 2.75) is 6.43 Å². The highest BCUT2D eigenvalue weighted by atomic mass is 79.9. The van der Waals surface area contributed by atoms with E-state index < -0.39 is 18.0 Å². The Kier molecular flexibility index (Phi) is 5.86. The van der Waals surface area contributed by atoms with Gasteiger partial charge in [0.1, 0.15) is 18.6 Å². The van der Waals surface area contributed by atoms with Gasteiger partial charge in [0, 0.05) is 12.6 Å². The first-order valence-corrected chi connectivity index (χ1v) is 5.69. The van der Waals surface area contributed by atoms with Crippen LogP contribution in [0.2, 0.25) is 0 Å². The number of nitro groups is 1. The highest BCUT2D eigenvalue weighted by Crippen LogP contribution is 2.23. The second kappa shape index (κ2) is 7.17. The van der Waals surface area contributed by atoms with Crippen LogP contribution in [-0.2, 0) is 4.74 Å². The largest absolute Gasteiger partial charge is 0.374 e. The van der Waals surface area contributed by atoms with Gasteiger partial charge in [0.25, 0.3) is 12.1 Å². The first kappa shape index (κ1) is 14.7. The van der Waals surface area contributed by atoms with Crippen molar-refractivity contribution in [1.82, 2.24) is 4.98 Å². The van der Waals surface area contributed by atoms with Gasteiger partial charge >= 0.3 is 0 Å². The lowest BCUT2D eigenvalue weighted by Crippen LogP contribution is -2.14. The summed E-state index contributed by atoms with van der Waals surface area (Å²) in [5, 5.41) is 13.3. The van der Waals surface area contributed by atoms with Crippen LogP contribution in [0.1, 0.15) is 0 Å². The van der Waals surface area contributed by atoms with Crippen molar-refractivity contribution in [3.8, 4) is 0 Å². The quantitative estimate of drug-likeness (QED) is 0.473. The standard InChI is InChI=1S/C9H10BrF2N3O3/c10-7-3-6(15(16)17)4-14-9(7)13-1-2-18-5-8(11)12/h3-4,8H,1-2,5H2,(H,13,14). The zero-order valence-corrected chi connectivity index (χ0v) is 10.7. The first-order valence-electron chi connectivity index (χ1n) is 4.90. The molecule has 0 aliphatic heterocycles. The molecule has 0 aromatic carbocycles. The van der Waals surface area contributed by atoms with E-state index in [1.54, 1.807) is 0 Å². The summed E-state index contributed by atoms with van der Waals surface area (Å²) in [7, 11) is 0. The average molecular weight is 326 g/mol. The molecular formula is C9H10BrF2N3O3. The van der Waals surface area contributed by atoms with Gasteiger partial charge in [0.15, 0.2) is 0 Å². The normalized spacial score (nSPS) is 10.7. The van der Waals surface area contributed by atoms with Gasteiger partial charge in [-0.15, -0.1) is 0 Å². The zero-order valence-electron chi connectivity index (χ0n) is 9.11. The van der Waals surface area contributed by atoms with E-state index in [4.69, 9.17) is 0 Å². The molecule has 6 nitrogen and oxygen atoms in total. The summed E-state index contributed by atoms with van der Waals surface area (Å²) in [4.78, 5) is 13.7. The van der Waals surface area contributed by atoms with Crippen molar-refractivity contribution in [2.24, 2.45) is 0 Å². The molecule has 1 aromatic heterocycles. The number of nitrogens with one attached hydrogen (secondary N) is 1. The molecule has 0 atom stereocenters. The molecular weight excluding hydrogens is 316 g/mol. The molecule has 1 rings (SSSR count). The molecule has 1 N–H and O–H groups in total.